The van der Waals surface area contributed by atoms with Gasteiger partial charge in [0.1, 0.15) is 5.01 Å². The van der Waals surface area contributed by atoms with Crippen molar-refractivity contribution in [3.8, 4) is 0 Å². The van der Waals surface area contributed by atoms with E-state index in [0.717, 1.165) is 24.5 Å². The molecule has 1 aliphatic heterocycles. The monoisotopic (exact) mass is 394 g/mol. The van der Waals surface area contributed by atoms with Crippen molar-refractivity contribution in [2.75, 3.05) is 18.4 Å². The SMILES string of the molecule is Cc1ccc(Cc2nnc(NC(=O)CC(C)C3CCCNC3)s2)cc1.Cl. The van der Waals surface area contributed by atoms with Crippen molar-refractivity contribution < 1.29 is 4.79 Å². The van der Waals surface area contributed by atoms with Crippen LogP contribution >= 0.6 is 23.7 Å². The lowest BCUT2D eigenvalue weighted by Gasteiger charge is -2.27. The molecule has 2 heterocycles. The standard InChI is InChI=1S/C19H26N4OS.ClH/c1-13-5-7-15(8-6-13)11-18-22-23-19(25-18)21-17(24)10-14(2)16-4-3-9-20-12-16;/h5-8,14,16,20H,3-4,9-12H2,1-2H3,(H,21,23,24);1H. The third-order valence-electron chi connectivity index (χ3n) is 4.84. The molecule has 5 nitrogen and oxygen atoms in total. The Morgan fingerprint density at radius 3 is 2.81 bits per heavy atom. The van der Waals surface area contributed by atoms with Crippen LogP contribution in [0.5, 0.6) is 0 Å². The lowest BCUT2D eigenvalue weighted by Crippen LogP contribution is -2.34. The summed E-state index contributed by atoms with van der Waals surface area (Å²) in [4.78, 5) is 12.3. The van der Waals surface area contributed by atoms with E-state index >= 15 is 0 Å². The molecule has 1 aliphatic rings. The van der Waals surface area contributed by atoms with E-state index in [1.165, 1.54) is 35.3 Å². The second-order valence-corrected chi connectivity index (χ2v) is 8.06. The molecule has 0 aliphatic carbocycles. The number of nitrogens with zero attached hydrogens (tertiary/aromatic N) is 2. The van der Waals surface area contributed by atoms with E-state index in [-0.39, 0.29) is 18.3 Å². The molecule has 2 aromatic rings. The number of rotatable bonds is 6. The zero-order valence-corrected chi connectivity index (χ0v) is 17.0. The Balaban J connectivity index is 0.00000243. The summed E-state index contributed by atoms with van der Waals surface area (Å²) in [6, 6.07) is 8.41. The number of carbonyl (C=O) groups is 1. The van der Waals surface area contributed by atoms with Gasteiger partial charge in [-0.15, -0.1) is 22.6 Å². The van der Waals surface area contributed by atoms with Crippen LogP contribution in [-0.4, -0.2) is 29.2 Å². The minimum Gasteiger partial charge on any atom is -0.316 e. The number of hydrogen-bond acceptors (Lipinski definition) is 5. The summed E-state index contributed by atoms with van der Waals surface area (Å²) in [5.74, 6) is 1.01. The third kappa shape index (κ3) is 6.04. The molecule has 1 aromatic heterocycles. The predicted molar refractivity (Wildman–Crippen MR) is 109 cm³/mol. The molecule has 2 N–H and O–H groups in total. The van der Waals surface area contributed by atoms with Crippen LogP contribution < -0.4 is 10.6 Å². The van der Waals surface area contributed by atoms with Gasteiger partial charge in [0.2, 0.25) is 11.0 Å². The summed E-state index contributed by atoms with van der Waals surface area (Å²) < 4.78 is 0. The van der Waals surface area contributed by atoms with Gasteiger partial charge >= 0.3 is 0 Å². The van der Waals surface area contributed by atoms with E-state index < -0.39 is 0 Å². The van der Waals surface area contributed by atoms with Gasteiger partial charge in [-0.1, -0.05) is 48.1 Å². The molecule has 1 amide bonds. The molecule has 1 aromatic carbocycles. The van der Waals surface area contributed by atoms with Gasteiger partial charge in [-0.2, -0.15) is 0 Å². The summed E-state index contributed by atoms with van der Waals surface area (Å²) in [6.07, 6.45) is 3.70. The number of nitrogens with one attached hydrogen (secondary N) is 2. The number of halogens is 1. The molecule has 3 rings (SSSR count). The van der Waals surface area contributed by atoms with E-state index in [4.69, 9.17) is 0 Å². The number of piperidine rings is 1. The number of carbonyl (C=O) groups excluding carboxylic acids is 1. The molecule has 0 saturated carbocycles. The van der Waals surface area contributed by atoms with Crippen molar-refractivity contribution in [1.29, 1.82) is 0 Å². The van der Waals surface area contributed by atoms with Crippen molar-refractivity contribution in [1.82, 2.24) is 15.5 Å². The Hall–Kier alpha value is -1.50. The van der Waals surface area contributed by atoms with Gasteiger partial charge < -0.3 is 10.6 Å². The molecule has 142 valence electrons. The summed E-state index contributed by atoms with van der Waals surface area (Å²) in [7, 11) is 0. The zero-order chi connectivity index (χ0) is 17.6. The number of hydrogen-bond donors (Lipinski definition) is 2. The van der Waals surface area contributed by atoms with Gasteiger partial charge in [0.05, 0.1) is 0 Å². The molecule has 0 spiro atoms. The van der Waals surface area contributed by atoms with Crippen molar-refractivity contribution in [3.05, 3.63) is 40.4 Å². The highest BCUT2D eigenvalue weighted by atomic mass is 35.5. The molecule has 1 saturated heterocycles. The molecule has 2 atom stereocenters. The summed E-state index contributed by atoms with van der Waals surface area (Å²) in [5, 5.41) is 16.2. The van der Waals surface area contributed by atoms with Crippen LogP contribution in [0.3, 0.4) is 0 Å². The fourth-order valence-electron chi connectivity index (χ4n) is 3.25. The molecule has 26 heavy (non-hydrogen) atoms. The second-order valence-electron chi connectivity index (χ2n) is 7.00. The Morgan fingerprint density at radius 1 is 1.35 bits per heavy atom. The number of benzene rings is 1. The van der Waals surface area contributed by atoms with Gasteiger partial charge in [-0.05, 0) is 50.3 Å². The fourth-order valence-corrected chi connectivity index (χ4v) is 4.04. The Kier molecular flexibility index (Phi) is 8.00. The van der Waals surface area contributed by atoms with Crippen LogP contribution in [0.2, 0.25) is 0 Å². The Labute approximate surface area is 165 Å². The third-order valence-corrected chi connectivity index (χ3v) is 5.67. The first-order valence-corrected chi connectivity index (χ1v) is 9.80. The van der Waals surface area contributed by atoms with E-state index in [2.05, 4.69) is 58.9 Å². The summed E-state index contributed by atoms with van der Waals surface area (Å²) >= 11 is 1.46. The number of aromatic nitrogens is 2. The molecular weight excluding hydrogens is 368 g/mol. The largest absolute Gasteiger partial charge is 0.316 e. The van der Waals surface area contributed by atoms with E-state index in [9.17, 15) is 4.79 Å². The predicted octanol–water partition coefficient (Wildman–Crippen LogP) is 3.82. The minimum atomic E-state index is 0. The second kappa shape index (κ2) is 10.00. The van der Waals surface area contributed by atoms with Crippen molar-refractivity contribution in [2.45, 2.75) is 39.5 Å². The first-order chi connectivity index (χ1) is 12.1. The first kappa shape index (κ1) is 20.8. The zero-order valence-electron chi connectivity index (χ0n) is 15.3. The van der Waals surface area contributed by atoms with E-state index in [1.54, 1.807) is 0 Å². The number of anilines is 1. The maximum Gasteiger partial charge on any atom is 0.226 e. The summed E-state index contributed by atoms with van der Waals surface area (Å²) in [6.45, 7) is 6.37. The average Bonchev–Trinajstić information content (AvgIpc) is 3.04. The fraction of sp³-hybridized carbons (Fsp3) is 0.526. The highest BCUT2D eigenvalue weighted by molar-refractivity contribution is 7.15. The Morgan fingerprint density at radius 2 is 2.12 bits per heavy atom. The van der Waals surface area contributed by atoms with Crippen LogP contribution in [0.1, 0.15) is 42.3 Å². The van der Waals surface area contributed by atoms with Crippen molar-refractivity contribution in [3.63, 3.8) is 0 Å². The van der Waals surface area contributed by atoms with Gasteiger partial charge in [0.15, 0.2) is 0 Å². The average molecular weight is 395 g/mol. The highest BCUT2D eigenvalue weighted by Gasteiger charge is 2.22. The van der Waals surface area contributed by atoms with Crippen LogP contribution in [0, 0.1) is 18.8 Å². The normalized spacial score (nSPS) is 18.0. The van der Waals surface area contributed by atoms with Crippen LogP contribution in [0.25, 0.3) is 0 Å². The van der Waals surface area contributed by atoms with Crippen molar-refractivity contribution in [2.24, 2.45) is 11.8 Å². The number of aryl methyl sites for hydroxylation is 1. The van der Waals surface area contributed by atoms with Gasteiger partial charge in [-0.25, -0.2) is 0 Å². The lowest BCUT2D eigenvalue weighted by molar-refractivity contribution is -0.117. The van der Waals surface area contributed by atoms with E-state index in [0.29, 0.717) is 23.4 Å². The smallest absolute Gasteiger partial charge is 0.226 e. The van der Waals surface area contributed by atoms with Crippen LogP contribution in [0.4, 0.5) is 5.13 Å². The number of amides is 1. The molecule has 7 heteroatoms. The molecular formula is C19H27ClN4OS. The first-order valence-electron chi connectivity index (χ1n) is 8.98. The van der Waals surface area contributed by atoms with Gasteiger partial charge in [0, 0.05) is 12.8 Å². The quantitative estimate of drug-likeness (QED) is 0.781. The Bertz CT molecular complexity index is 698. The van der Waals surface area contributed by atoms with Gasteiger partial charge in [0.25, 0.3) is 0 Å². The minimum absolute atomic E-state index is 0. The van der Waals surface area contributed by atoms with Crippen LogP contribution in [-0.2, 0) is 11.2 Å². The van der Waals surface area contributed by atoms with E-state index in [1.807, 2.05) is 0 Å². The van der Waals surface area contributed by atoms with Gasteiger partial charge in [-0.3, -0.25) is 4.79 Å². The molecule has 2 unspecified atom stereocenters. The summed E-state index contributed by atoms with van der Waals surface area (Å²) in [5.41, 5.74) is 2.45. The van der Waals surface area contributed by atoms with Crippen molar-refractivity contribution >= 4 is 34.8 Å². The molecule has 1 fully saturated rings. The maximum atomic E-state index is 12.3. The molecule has 0 radical (unpaired) electrons. The topological polar surface area (TPSA) is 66.9 Å². The molecule has 0 bridgehead atoms. The maximum absolute atomic E-state index is 12.3. The lowest BCUT2D eigenvalue weighted by atomic mass is 9.85. The van der Waals surface area contributed by atoms with Crippen LogP contribution in [0.15, 0.2) is 24.3 Å². The highest BCUT2D eigenvalue weighted by Crippen LogP contribution is 2.24.